The number of aryl methyl sites for hydroxylation is 1. The minimum atomic E-state index is -0.0540. The molecule has 1 amide bonds. The van der Waals surface area contributed by atoms with Gasteiger partial charge in [-0.2, -0.15) is 0 Å². The summed E-state index contributed by atoms with van der Waals surface area (Å²) >= 11 is 3.44. The van der Waals surface area contributed by atoms with Crippen LogP contribution in [0.15, 0.2) is 39.4 Å². The van der Waals surface area contributed by atoms with E-state index in [1.165, 1.54) is 0 Å². The van der Waals surface area contributed by atoms with Gasteiger partial charge in [-0.1, -0.05) is 26.0 Å². The third-order valence-corrected chi connectivity index (χ3v) is 4.96. The molecule has 1 heterocycles. The second-order valence-corrected chi connectivity index (χ2v) is 7.66. The van der Waals surface area contributed by atoms with E-state index in [0.29, 0.717) is 5.56 Å². The number of furan rings is 1. The summed E-state index contributed by atoms with van der Waals surface area (Å²) in [6.07, 6.45) is 3.62. The normalized spacial score (nSPS) is 19.5. The number of carbonyl (C=O) groups excluding carboxylic acids is 1. The van der Waals surface area contributed by atoms with Crippen LogP contribution in [0.25, 0.3) is 0 Å². The SMILES string of the molecule is Cc1coc2c1C(NC(=O)c1ccccc1Br)CC(C)(C)C2. The molecule has 1 atom stereocenters. The van der Waals surface area contributed by atoms with Crippen LogP contribution in [0.3, 0.4) is 0 Å². The Labute approximate surface area is 139 Å². The van der Waals surface area contributed by atoms with E-state index in [0.717, 1.165) is 34.2 Å². The lowest BCUT2D eigenvalue weighted by Crippen LogP contribution is -2.36. The van der Waals surface area contributed by atoms with Gasteiger partial charge in [0.25, 0.3) is 5.91 Å². The van der Waals surface area contributed by atoms with Crippen LogP contribution in [0, 0.1) is 12.3 Å². The summed E-state index contributed by atoms with van der Waals surface area (Å²) in [5.41, 5.74) is 3.04. The molecule has 1 aromatic carbocycles. The Kier molecular flexibility index (Phi) is 3.89. The van der Waals surface area contributed by atoms with Gasteiger partial charge < -0.3 is 9.73 Å². The molecular weight excluding hydrogens is 342 g/mol. The summed E-state index contributed by atoms with van der Waals surface area (Å²) < 4.78 is 6.51. The van der Waals surface area contributed by atoms with E-state index in [9.17, 15) is 4.79 Å². The van der Waals surface area contributed by atoms with Crippen LogP contribution in [0.1, 0.15) is 53.6 Å². The second-order valence-electron chi connectivity index (χ2n) is 6.81. The Hall–Kier alpha value is -1.55. The molecule has 0 radical (unpaired) electrons. The van der Waals surface area contributed by atoms with Gasteiger partial charge in [-0.3, -0.25) is 4.79 Å². The predicted molar refractivity (Wildman–Crippen MR) is 89.9 cm³/mol. The van der Waals surface area contributed by atoms with Crippen LogP contribution in [0.2, 0.25) is 0 Å². The first-order chi connectivity index (χ1) is 10.4. The average Bonchev–Trinajstić information content (AvgIpc) is 2.79. The van der Waals surface area contributed by atoms with Gasteiger partial charge in [-0.15, -0.1) is 0 Å². The molecule has 0 fully saturated rings. The quantitative estimate of drug-likeness (QED) is 0.834. The lowest BCUT2D eigenvalue weighted by Gasteiger charge is -2.35. The molecule has 116 valence electrons. The first kappa shape index (κ1) is 15.3. The van der Waals surface area contributed by atoms with E-state index in [1.807, 2.05) is 31.2 Å². The van der Waals surface area contributed by atoms with Crippen LogP contribution in [0.4, 0.5) is 0 Å². The Balaban J connectivity index is 1.90. The van der Waals surface area contributed by atoms with Crippen molar-refractivity contribution in [1.29, 1.82) is 0 Å². The van der Waals surface area contributed by atoms with E-state index in [2.05, 4.69) is 35.1 Å². The Morgan fingerprint density at radius 3 is 2.82 bits per heavy atom. The Morgan fingerprint density at radius 1 is 1.36 bits per heavy atom. The third kappa shape index (κ3) is 2.84. The summed E-state index contributed by atoms with van der Waals surface area (Å²) in [7, 11) is 0. The molecule has 0 saturated carbocycles. The maximum absolute atomic E-state index is 12.6. The van der Waals surface area contributed by atoms with E-state index in [4.69, 9.17) is 4.42 Å². The van der Waals surface area contributed by atoms with Crippen LogP contribution < -0.4 is 5.32 Å². The fourth-order valence-electron chi connectivity index (χ4n) is 3.28. The first-order valence-corrected chi connectivity index (χ1v) is 8.29. The summed E-state index contributed by atoms with van der Waals surface area (Å²) in [6, 6.07) is 7.49. The monoisotopic (exact) mass is 361 g/mol. The highest BCUT2D eigenvalue weighted by Gasteiger charge is 2.36. The molecule has 2 aromatic rings. The van der Waals surface area contributed by atoms with Crippen molar-refractivity contribution >= 4 is 21.8 Å². The highest BCUT2D eigenvalue weighted by atomic mass is 79.9. The Morgan fingerprint density at radius 2 is 2.09 bits per heavy atom. The van der Waals surface area contributed by atoms with Crippen LogP contribution in [-0.2, 0) is 6.42 Å². The summed E-state index contributed by atoms with van der Waals surface area (Å²) in [5, 5.41) is 3.19. The van der Waals surface area contributed by atoms with Crippen molar-refractivity contribution < 1.29 is 9.21 Å². The molecule has 1 N–H and O–H groups in total. The number of rotatable bonds is 2. The number of benzene rings is 1. The number of hydrogen-bond acceptors (Lipinski definition) is 2. The van der Waals surface area contributed by atoms with Crippen molar-refractivity contribution in [1.82, 2.24) is 5.32 Å². The van der Waals surface area contributed by atoms with E-state index in [-0.39, 0.29) is 17.4 Å². The molecule has 1 aromatic heterocycles. The zero-order valence-electron chi connectivity index (χ0n) is 13.1. The minimum Gasteiger partial charge on any atom is -0.469 e. The Bertz CT molecular complexity index is 718. The van der Waals surface area contributed by atoms with Gasteiger partial charge in [0.15, 0.2) is 0 Å². The lowest BCUT2D eigenvalue weighted by atomic mass is 9.74. The zero-order valence-corrected chi connectivity index (χ0v) is 14.7. The summed E-state index contributed by atoms with van der Waals surface area (Å²) in [4.78, 5) is 12.6. The van der Waals surface area contributed by atoms with Gasteiger partial charge in [0.2, 0.25) is 0 Å². The molecule has 0 aliphatic heterocycles. The van der Waals surface area contributed by atoms with E-state index in [1.54, 1.807) is 6.26 Å². The molecule has 0 spiro atoms. The van der Waals surface area contributed by atoms with Gasteiger partial charge in [-0.25, -0.2) is 0 Å². The number of amides is 1. The highest BCUT2D eigenvalue weighted by Crippen LogP contribution is 2.42. The largest absolute Gasteiger partial charge is 0.469 e. The molecule has 1 aliphatic carbocycles. The third-order valence-electron chi connectivity index (χ3n) is 4.27. The van der Waals surface area contributed by atoms with Crippen molar-refractivity contribution in [2.24, 2.45) is 5.41 Å². The van der Waals surface area contributed by atoms with Crippen molar-refractivity contribution in [3.8, 4) is 0 Å². The number of nitrogens with one attached hydrogen (secondary N) is 1. The van der Waals surface area contributed by atoms with Gasteiger partial charge in [-0.05, 0) is 52.4 Å². The van der Waals surface area contributed by atoms with Crippen LogP contribution in [-0.4, -0.2) is 5.91 Å². The standard InChI is InChI=1S/C18H20BrNO2/c1-11-10-22-15-9-18(2,3)8-14(16(11)15)20-17(21)12-6-4-5-7-13(12)19/h4-7,10,14H,8-9H2,1-3H3,(H,20,21). The molecular formula is C18H20BrNO2. The van der Waals surface area contributed by atoms with Gasteiger partial charge in [0.05, 0.1) is 17.9 Å². The van der Waals surface area contributed by atoms with Crippen molar-refractivity contribution in [3.05, 3.63) is 57.5 Å². The highest BCUT2D eigenvalue weighted by molar-refractivity contribution is 9.10. The van der Waals surface area contributed by atoms with Crippen molar-refractivity contribution in [2.45, 2.75) is 39.7 Å². The number of fused-ring (bicyclic) bond motifs is 1. The lowest BCUT2D eigenvalue weighted by molar-refractivity contribution is 0.0916. The fourth-order valence-corrected chi connectivity index (χ4v) is 3.74. The van der Waals surface area contributed by atoms with Crippen molar-refractivity contribution in [3.63, 3.8) is 0 Å². The summed E-state index contributed by atoms with van der Waals surface area (Å²) in [6.45, 7) is 6.47. The van der Waals surface area contributed by atoms with E-state index < -0.39 is 0 Å². The molecule has 1 unspecified atom stereocenters. The van der Waals surface area contributed by atoms with Crippen molar-refractivity contribution in [2.75, 3.05) is 0 Å². The maximum Gasteiger partial charge on any atom is 0.252 e. The van der Waals surface area contributed by atoms with Gasteiger partial charge in [0.1, 0.15) is 5.76 Å². The zero-order chi connectivity index (χ0) is 15.9. The number of halogens is 1. The van der Waals surface area contributed by atoms with Crippen LogP contribution >= 0.6 is 15.9 Å². The summed E-state index contributed by atoms with van der Waals surface area (Å²) in [5.74, 6) is 0.952. The first-order valence-electron chi connectivity index (χ1n) is 7.50. The minimum absolute atomic E-state index is 0.00268. The molecule has 22 heavy (non-hydrogen) atoms. The maximum atomic E-state index is 12.6. The topological polar surface area (TPSA) is 42.2 Å². The van der Waals surface area contributed by atoms with E-state index >= 15 is 0 Å². The molecule has 0 saturated heterocycles. The molecule has 0 bridgehead atoms. The second kappa shape index (κ2) is 5.58. The van der Waals surface area contributed by atoms with Gasteiger partial charge in [0, 0.05) is 16.5 Å². The number of hydrogen-bond donors (Lipinski definition) is 1. The molecule has 1 aliphatic rings. The average molecular weight is 362 g/mol. The molecule has 3 nitrogen and oxygen atoms in total. The van der Waals surface area contributed by atoms with Crippen LogP contribution in [0.5, 0.6) is 0 Å². The number of carbonyl (C=O) groups is 1. The smallest absolute Gasteiger partial charge is 0.252 e. The predicted octanol–water partition coefficient (Wildman–Crippen LogP) is 4.79. The molecule has 4 heteroatoms. The molecule has 3 rings (SSSR count). The fraction of sp³-hybridized carbons (Fsp3) is 0.389. The van der Waals surface area contributed by atoms with Gasteiger partial charge >= 0.3 is 0 Å².